The van der Waals surface area contributed by atoms with Crippen molar-refractivity contribution in [2.45, 2.75) is 13.1 Å². The van der Waals surface area contributed by atoms with E-state index in [1.165, 1.54) is 21.9 Å². The van der Waals surface area contributed by atoms with Gasteiger partial charge in [-0.1, -0.05) is 48.5 Å². The van der Waals surface area contributed by atoms with Gasteiger partial charge in [-0.25, -0.2) is 0 Å². The van der Waals surface area contributed by atoms with Crippen LogP contribution in [0.4, 0.5) is 0 Å². The monoisotopic (exact) mass is 524 g/mol. The zero-order valence-electron chi connectivity index (χ0n) is 15.7. The van der Waals surface area contributed by atoms with Gasteiger partial charge in [-0.15, -0.1) is 11.5 Å². The minimum absolute atomic E-state index is 0. The van der Waals surface area contributed by atoms with E-state index in [-0.39, 0.29) is 79.4 Å². The number of benzene rings is 2. The van der Waals surface area contributed by atoms with Gasteiger partial charge in [0.1, 0.15) is 0 Å². The third-order valence-corrected chi connectivity index (χ3v) is 4.17. The van der Waals surface area contributed by atoms with Crippen LogP contribution in [-0.4, -0.2) is 47.9 Å². The van der Waals surface area contributed by atoms with Crippen molar-refractivity contribution in [1.82, 2.24) is 9.80 Å². The van der Waals surface area contributed by atoms with Crippen molar-refractivity contribution in [3.8, 4) is 11.5 Å². The minimum Gasteiger partial charge on any atom is -0.872 e. The number of aliphatic carboxylic acids is 2. The molecule has 2 rings (SSSR count). The number of carbonyl (C=O) groups excluding carboxylic acids is 2. The van der Waals surface area contributed by atoms with Crippen molar-refractivity contribution in [2.24, 2.45) is 0 Å². The molecule has 0 N–H and O–H groups in total. The standard InChI is InChI=1S/C20H24N2O6.Ce/c23-17-7-3-1-5-15(17)11-21(13-19(25)26)9-10-22(14-20(27)28)12-16-6-2-4-8-18(16)24;/h1-8,23-24H,9-14H2,(H,25,26)(H,27,28);/q;+3/p-4. The van der Waals surface area contributed by atoms with Crippen molar-refractivity contribution in [2.75, 3.05) is 26.2 Å². The number of carbonyl (C=O) groups is 2. The second kappa shape index (κ2) is 12.8. The molecule has 0 aromatic heterocycles. The topological polar surface area (TPSA) is 133 Å². The van der Waals surface area contributed by atoms with E-state index in [1.54, 1.807) is 36.4 Å². The zero-order chi connectivity index (χ0) is 20.5. The van der Waals surface area contributed by atoms with Crippen LogP contribution in [0.5, 0.6) is 11.5 Å². The van der Waals surface area contributed by atoms with Crippen molar-refractivity contribution < 1.29 is 71.8 Å². The third kappa shape index (κ3) is 9.09. The number of hydrogen-bond donors (Lipinski definition) is 0. The summed E-state index contributed by atoms with van der Waals surface area (Å²) in [6.45, 7) is -0.319. The quantitative estimate of drug-likeness (QED) is 0.319. The summed E-state index contributed by atoms with van der Waals surface area (Å²) in [6.07, 6.45) is 0. The van der Waals surface area contributed by atoms with Gasteiger partial charge in [0.2, 0.25) is 0 Å². The Morgan fingerprint density at radius 2 is 1.03 bits per heavy atom. The van der Waals surface area contributed by atoms with E-state index in [0.29, 0.717) is 11.1 Å². The molecule has 1 radical (unpaired) electrons. The van der Waals surface area contributed by atoms with Crippen LogP contribution < -0.4 is 20.4 Å². The molecule has 151 valence electrons. The summed E-state index contributed by atoms with van der Waals surface area (Å²) in [5.41, 5.74) is 0.861. The number of nitrogens with zero attached hydrogens (tertiary/aromatic N) is 2. The van der Waals surface area contributed by atoms with Crippen LogP contribution in [0, 0.1) is 41.7 Å². The summed E-state index contributed by atoms with van der Waals surface area (Å²) >= 11 is 0. The molecule has 8 nitrogen and oxygen atoms in total. The predicted octanol–water partition coefficient (Wildman–Crippen LogP) is -2.36. The predicted molar refractivity (Wildman–Crippen MR) is 92.3 cm³/mol. The largest absolute Gasteiger partial charge is 3.00 e. The van der Waals surface area contributed by atoms with E-state index in [4.69, 9.17) is 0 Å². The van der Waals surface area contributed by atoms with Gasteiger partial charge in [-0.2, -0.15) is 0 Å². The fourth-order valence-electron chi connectivity index (χ4n) is 2.83. The van der Waals surface area contributed by atoms with E-state index in [1.807, 2.05) is 0 Å². The first-order chi connectivity index (χ1) is 13.3. The molecular weight excluding hydrogens is 504 g/mol. The molecule has 0 heterocycles. The molecule has 0 aliphatic carbocycles. The summed E-state index contributed by atoms with van der Waals surface area (Å²) in [5.74, 6) is -3.03. The maximum absolute atomic E-state index is 11.9. The van der Waals surface area contributed by atoms with Gasteiger partial charge in [0.25, 0.3) is 0 Å². The Bertz CT molecular complexity index is 750. The first-order valence-corrected chi connectivity index (χ1v) is 8.69. The number of para-hydroxylation sites is 2. The van der Waals surface area contributed by atoms with Crippen LogP contribution in [0.1, 0.15) is 11.1 Å². The fourth-order valence-corrected chi connectivity index (χ4v) is 2.83. The first kappa shape index (κ1) is 25.3. The Morgan fingerprint density at radius 3 is 1.34 bits per heavy atom. The molecule has 0 amide bonds. The Hall–Kier alpha value is -1.72. The Kier molecular flexibility index (Phi) is 11.1. The van der Waals surface area contributed by atoms with Crippen LogP contribution in [0.25, 0.3) is 0 Å². The minimum atomic E-state index is -1.31. The first-order valence-electron chi connectivity index (χ1n) is 8.69. The molecule has 0 spiro atoms. The van der Waals surface area contributed by atoms with Gasteiger partial charge in [0.15, 0.2) is 0 Å². The molecule has 0 aliphatic heterocycles. The molecule has 29 heavy (non-hydrogen) atoms. The molecule has 9 heteroatoms. The van der Waals surface area contributed by atoms with E-state index in [0.717, 1.165) is 0 Å². The van der Waals surface area contributed by atoms with Crippen LogP contribution in [0.15, 0.2) is 48.5 Å². The van der Waals surface area contributed by atoms with Crippen LogP contribution in [0.3, 0.4) is 0 Å². The van der Waals surface area contributed by atoms with Crippen LogP contribution >= 0.6 is 0 Å². The van der Waals surface area contributed by atoms with Gasteiger partial charge >= 0.3 is 41.7 Å². The van der Waals surface area contributed by atoms with Crippen molar-refractivity contribution in [3.63, 3.8) is 0 Å². The van der Waals surface area contributed by atoms with E-state index < -0.39 is 25.0 Å². The molecule has 2 aromatic rings. The average molecular weight is 525 g/mol. The maximum atomic E-state index is 11.9. The van der Waals surface area contributed by atoms with Crippen molar-refractivity contribution in [3.05, 3.63) is 59.7 Å². The summed E-state index contributed by atoms with van der Waals surface area (Å²) < 4.78 is 0. The van der Waals surface area contributed by atoms with Crippen LogP contribution in [0.2, 0.25) is 0 Å². The summed E-state index contributed by atoms with van der Waals surface area (Å²) in [6, 6.07) is 12.5. The molecule has 0 fully saturated rings. The smallest absolute Gasteiger partial charge is 0.872 e. The van der Waals surface area contributed by atoms with Crippen molar-refractivity contribution >= 4 is 11.9 Å². The normalized spacial score (nSPS) is 10.7. The Morgan fingerprint density at radius 1 is 0.690 bits per heavy atom. The molecular formula is C20H20CeN2O6-. The molecule has 0 bridgehead atoms. The molecule has 0 unspecified atom stereocenters. The van der Waals surface area contributed by atoms with Gasteiger partial charge in [-0.05, 0) is 11.1 Å². The van der Waals surface area contributed by atoms with Crippen LogP contribution in [-0.2, 0) is 22.7 Å². The summed E-state index contributed by atoms with van der Waals surface area (Å²) in [7, 11) is 0. The van der Waals surface area contributed by atoms with E-state index in [2.05, 4.69) is 0 Å². The number of carboxylic acid groups (broad SMARTS) is 2. The van der Waals surface area contributed by atoms with Crippen molar-refractivity contribution in [1.29, 1.82) is 0 Å². The SMILES string of the molecule is O=C([O-])CN(CCN(CC(=O)[O-])Cc1ccccc1[O-])Cc1ccccc1[O-].[Ce+3]. The van der Waals surface area contributed by atoms with E-state index >= 15 is 0 Å². The third-order valence-electron chi connectivity index (χ3n) is 4.17. The number of carboxylic acids is 2. The number of rotatable bonds is 11. The zero-order valence-corrected chi connectivity index (χ0v) is 18.8. The fraction of sp³-hybridized carbons (Fsp3) is 0.300. The molecule has 0 aliphatic rings. The second-order valence-electron chi connectivity index (χ2n) is 6.38. The Labute approximate surface area is 202 Å². The molecule has 0 saturated heterocycles. The molecule has 0 saturated carbocycles. The average Bonchev–Trinajstić information content (AvgIpc) is 2.62. The summed E-state index contributed by atoms with van der Waals surface area (Å²) in [4.78, 5) is 25.1. The van der Waals surface area contributed by atoms with Gasteiger partial charge in [0, 0.05) is 39.3 Å². The molecule has 2 aromatic carbocycles. The summed E-state index contributed by atoms with van der Waals surface area (Å²) in [5, 5.41) is 45.9. The maximum Gasteiger partial charge on any atom is 3.00 e. The molecule has 0 atom stereocenters. The van der Waals surface area contributed by atoms with Gasteiger partial charge in [-0.3, -0.25) is 9.80 Å². The van der Waals surface area contributed by atoms with Gasteiger partial charge in [0.05, 0.1) is 11.9 Å². The second-order valence-corrected chi connectivity index (χ2v) is 6.38. The Balaban J connectivity index is 0.00000420. The number of hydrogen-bond acceptors (Lipinski definition) is 8. The van der Waals surface area contributed by atoms with Gasteiger partial charge < -0.3 is 30.0 Å². The van der Waals surface area contributed by atoms with E-state index in [9.17, 15) is 30.0 Å².